The second-order valence-corrected chi connectivity index (χ2v) is 12.1. The Hall–Kier alpha value is -5.03. The predicted octanol–water partition coefficient (Wildman–Crippen LogP) is 4.73. The Bertz CT molecular complexity index is 1750. The number of sulfonamides is 1. The molecule has 234 valence electrons. The summed E-state index contributed by atoms with van der Waals surface area (Å²) in [6, 6.07) is 27.9. The van der Waals surface area contributed by atoms with E-state index in [-0.39, 0.29) is 29.9 Å². The lowest BCUT2D eigenvalue weighted by Gasteiger charge is -2.34. The average molecular weight is 630 g/mol. The van der Waals surface area contributed by atoms with Gasteiger partial charge in [-0.2, -0.15) is 0 Å². The molecule has 1 aliphatic rings. The zero-order chi connectivity index (χ0) is 31.8. The van der Waals surface area contributed by atoms with Crippen molar-refractivity contribution in [3.05, 3.63) is 108 Å². The first-order chi connectivity index (χ1) is 21.7. The highest BCUT2D eigenvalue weighted by Gasteiger charge is 2.34. The highest BCUT2D eigenvalue weighted by molar-refractivity contribution is 7.92. The van der Waals surface area contributed by atoms with Crippen LogP contribution in [0.25, 0.3) is 0 Å². The average Bonchev–Trinajstić information content (AvgIpc) is 3.05. The first-order valence-corrected chi connectivity index (χ1v) is 16.1. The van der Waals surface area contributed by atoms with Gasteiger partial charge in [0, 0.05) is 12.2 Å². The third kappa shape index (κ3) is 7.93. The maximum absolute atomic E-state index is 13.4. The van der Waals surface area contributed by atoms with E-state index in [1.165, 1.54) is 23.1 Å². The van der Waals surface area contributed by atoms with Gasteiger partial charge >= 0.3 is 0 Å². The summed E-state index contributed by atoms with van der Waals surface area (Å²) in [5.74, 6) is 0.739. The van der Waals surface area contributed by atoms with Crippen molar-refractivity contribution in [1.29, 1.82) is 0 Å². The topological polar surface area (TPSA) is 123 Å². The van der Waals surface area contributed by atoms with Crippen LogP contribution >= 0.6 is 0 Å². The van der Waals surface area contributed by atoms with Crippen molar-refractivity contribution in [2.75, 3.05) is 35.9 Å². The van der Waals surface area contributed by atoms with Crippen molar-refractivity contribution < 1.29 is 32.2 Å². The highest BCUT2D eigenvalue weighted by atomic mass is 32.2. The molecule has 2 amide bonds. The van der Waals surface area contributed by atoms with Crippen LogP contribution in [-0.2, 0) is 26.0 Å². The lowest BCUT2D eigenvalue weighted by Crippen LogP contribution is -2.52. The molecule has 1 atom stereocenters. The van der Waals surface area contributed by atoms with Crippen LogP contribution in [0.5, 0.6) is 17.2 Å². The summed E-state index contributed by atoms with van der Waals surface area (Å²) in [4.78, 5) is 27.9. The fraction of sp³-hybridized carbons (Fsp3) is 0.235. The number of nitrogens with one attached hydrogen (secondary N) is 2. The third-order valence-corrected chi connectivity index (χ3v) is 8.53. The number of fused-ring (bicyclic) bond motifs is 1. The summed E-state index contributed by atoms with van der Waals surface area (Å²) in [5.41, 5.74) is 2.58. The summed E-state index contributed by atoms with van der Waals surface area (Å²) in [6.07, 6.45) is -0.225. The molecule has 1 aliphatic heterocycles. The van der Waals surface area contributed by atoms with Crippen LogP contribution in [0.15, 0.2) is 102 Å². The summed E-state index contributed by atoms with van der Waals surface area (Å²) < 4.78 is 45.7. The third-order valence-electron chi connectivity index (χ3n) is 7.15. The summed E-state index contributed by atoms with van der Waals surface area (Å²) >= 11 is 0. The molecule has 5 rings (SSSR count). The molecule has 0 spiro atoms. The quantitative estimate of drug-likeness (QED) is 0.232. The van der Waals surface area contributed by atoms with Crippen LogP contribution in [-0.4, -0.2) is 52.6 Å². The van der Waals surface area contributed by atoms with Crippen LogP contribution < -0.4 is 29.1 Å². The summed E-state index contributed by atoms with van der Waals surface area (Å²) in [5, 5.41) is 2.90. The maximum Gasteiger partial charge on any atom is 0.265 e. The monoisotopic (exact) mass is 629 g/mol. The molecular weight excluding hydrogens is 594 g/mol. The molecule has 4 aromatic rings. The van der Waals surface area contributed by atoms with E-state index >= 15 is 0 Å². The maximum atomic E-state index is 13.4. The number of ether oxygens (including phenoxy) is 3. The number of aryl methyl sites for hydroxylation is 1. The van der Waals surface area contributed by atoms with E-state index in [4.69, 9.17) is 14.2 Å². The Balaban J connectivity index is 1.21. The van der Waals surface area contributed by atoms with Crippen molar-refractivity contribution in [1.82, 2.24) is 5.32 Å². The van der Waals surface area contributed by atoms with Gasteiger partial charge < -0.3 is 24.4 Å². The van der Waals surface area contributed by atoms with Gasteiger partial charge in [-0.25, -0.2) is 8.42 Å². The molecule has 0 radical (unpaired) electrons. The van der Waals surface area contributed by atoms with Crippen molar-refractivity contribution >= 4 is 33.2 Å². The number of hydrogen-bond donors (Lipinski definition) is 2. The SMILES string of the molecule is CCOc1ccc(NS(=O)(=O)c2ccc(OCC(=O)N3C[C@H](C(=O)NCCc4ccccc4)Oc4ccccc43)c(C)c2)cc1. The Morgan fingerprint density at radius 2 is 1.67 bits per heavy atom. The van der Waals surface area contributed by atoms with E-state index in [9.17, 15) is 18.0 Å². The van der Waals surface area contributed by atoms with Gasteiger partial charge in [0.2, 0.25) is 0 Å². The number of hydrogen-bond acceptors (Lipinski definition) is 7. The van der Waals surface area contributed by atoms with E-state index < -0.39 is 16.1 Å². The van der Waals surface area contributed by atoms with Gasteiger partial charge in [0.15, 0.2) is 12.7 Å². The van der Waals surface area contributed by atoms with Gasteiger partial charge in [0.1, 0.15) is 17.2 Å². The summed E-state index contributed by atoms with van der Waals surface area (Å²) in [7, 11) is -3.87. The normalized spacial score (nSPS) is 14.1. The molecule has 0 aliphatic carbocycles. The summed E-state index contributed by atoms with van der Waals surface area (Å²) in [6.45, 7) is 4.21. The standard InChI is InChI=1S/C34H35N3O7S/c1-3-42-27-15-13-26(14-16-27)36-45(40,41)28-17-18-30(24(2)21-28)43-23-33(38)37-22-32(44-31-12-8-7-11-29(31)37)34(39)35-20-19-25-9-5-4-6-10-25/h4-18,21,32,36H,3,19-20,22-23H2,1-2H3,(H,35,39)/t32-/m1/s1. The smallest absolute Gasteiger partial charge is 0.265 e. The molecule has 0 aromatic heterocycles. The Morgan fingerprint density at radius 3 is 2.40 bits per heavy atom. The number of nitrogens with zero attached hydrogens (tertiary/aromatic N) is 1. The number of amides is 2. The van der Waals surface area contributed by atoms with E-state index in [1.807, 2.05) is 37.3 Å². The van der Waals surface area contributed by atoms with Crippen molar-refractivity contribution in [3.8, 4) is 17.2 Å². The molecule has 0 fully saturated rings. The minimum atomic E-state index is -3.87. The van der Waals surface area contributed by atoms with Crippen LogP contribution in [0.3, 0.4) is 0 Å². The molecular formula is C34H35N3O7S. The second-order valence-electron chi connectivity index (χ2n) is 10.4. The minimum Gasteiger partial charge on any atom is -0.494 e. The number of para-hydroxylation sites is 2. The highest BCUT2D eigenvalue weighted by Crippen LogP contribution is 2.33. The zero-order valence-corrected chi connectivity index (χ0v) is 25.9. The van der Waals surface area contributed by atoms with Gasteiger partial charge in [0.25, 0.3) is 21.8 Å². The van der Waals surface area contributed by atoms with Gasteiger partial charge in [-0.1, -0.05) is 42.5 Å². The van der Waals surface area contributed by atoms with Gasteiger partial charge in [-0.3, -0.25) is 14.3 Å². The van der Waals surface area contributed by atoms with Crippen LogP contribution in [0.4, 0.5) is 11.4 Å². The first-order valence-electron chi connectivity index (χ1n) is 14.6. The van der Waals surface area contributed by atoms with Crippen LogP contribution in [0.1, 0.15) is 18.1 Å². The Kier molecular flexibility index (Phi) is 9.89. The Morgan fingerprint density at radius 1 is 0.933 bits per heavy atom. The van der Waals surface area contributed by atoms with Crippen molar-refractivity contribution in [2.24, 2.45) is 0 Å². The van der Waals surface area contributed by atoms with E-state index in [1.54, 1.807) is 55.5 Å². The number of carbonyl (C=O) groups is 2. The largest absolute Gasteiger partial charge is 0.494 e. The molecule has 0 bridgehead atoms. The molecule has 1 heterocycles. The van der Waals surface area contributed by atoms with Gasteiger partial charge in [0.05, 0.1) is 23.7 Å². The molecule has 11 heteroatoms. The number of benzene rings is 4. The van der Waals surface area contributed by atoms with Crippen molar-refractivity contribution in [3.63, 3.8) is 0 Å². The molecule has 10 nitrogen and oxygen atoms in total. The molecule has 0 saturated heterocycles. The van der Waals surface area contributed by atoms with E-state index in [0.29, 0.717) is 53.8 Å². The first kappa shape index (κ1) is 31.4. The molecule has 45 heavy (non-hydrogen) atoms. The number of anilines is 2. The van der Waals surface area contributed by atoms with Crippen molar-refractivity contribution in [2.45, 2.75) is 31.3 Å². The van der Waals surface area contributed by atoms with E-state index in [0.717, 1.165) is 5.56 Å². The zero-order valence-electron chi connectivity index (χ0n) is 25.1. The molecule has 4 aromatic carbocycles. The second kappa shape index (κ2) is 14.2. The predicted molar refractivity (Wildman–Crippen MR) is 171 cm³/mol. The van der Waals surface area contributed by atoms with Crippen LogP contribution in [0.2, 0.25) is 0 Å². The minimum absolute atomic E-state index is 0.0176. The van der Waals surface area contributed by atoms with Gasteiger partial charge in [-0.05, 0) is 86.0 Å². The lowest BCUT2D eigenvalue weighted by molar-refractivity contribution is -0.128. The fourth-order valence-electron chi connectivity index (χ4n) is 4.86. The number of carbonyl (C=O) groups excluding carboxylic acids is 2. The molecule has 0 unspecified atom stereocenters. The van der Waals surface area contributed by atoms with Gasteiger partial charge in [-0.15, -0.1) is 0 Å². The van der Waals surface area contributed by atoms with E-state index in [2.05, 4.69) is 10.0 Å². The van der Waals surface area contributed by atoms with Crippen LogP contribution in [0, 0.1) is 6.92 Å². The number of rotatable bonds is 12. The Labute approximate surface area is 263 Å². The molecule has 2 N–H and O–H groups in total. The molecule has 0 saturated carbocycles. The fourth-order valence-corrected chi connectivity index (χ4v) is 6.01. The lowest BCUT2D eigenvalue weighted by atomic mass is 10.1.